The normalized spacial score (nSPS) is 26.6. The minimum Gasteiger partial charge on any atom is -0.507 e. The van der Waals surface area contributed by atoms with E-state index < -0.39 is 0 Å². The van der Waals surface area contributed by atoms with Crippen LogP contribution in [0.4, 0.5) is 0 Å². The van der Waals surface area contributed by atoms with Crippen molar-refractivity contribution in [3.63, 3.8) is 0 Å². The summed E-state index contributed by atoms with van der Waals surface area (Å²) in [6.07, 6.45) is 4.19. The fourth-order valence-electron chi connectivity index (χ4n) is 3.59. The Morgan fingerprint density at radius 1 is 1.30 bits per heavy atom. The summed E-state index contributed by atoms with van der Waals surface area (Å²) >= 11 is 0. The molecule has 3 unspecified atom stereocenters. The quantitative estimate of drug-likeness (QED) is 0.589. The Kier molecular flexibility index (Phi) is 4.76. The largest absolute Gasteiger partial charge is 0.507 e. The second kappa shape index (κ2) is 6.79. The second-order valence-electron chi connectivity index (χ2n) is 6.63. The van der Waals surface area contributed by atoms with Gasteiger partial charge >= 0.3 is 0 Å². The fraction of sp³-hybridized carbons (Fsp3) is 0.611. The van der Waals surface area contributed by atoms with E-state index in [0.29, 0.717) is 30.5 Å². The van der Waals surface area contributed by atoms with E-state index in [4.69, 9.17) is 9.73 Å². The van der Waals surface area contributed by atoms with Crippen molar-refractivity contribution in [1.82, 2.24) is 10.6 Å². The molecule has 0 aromatic heterocycles. The maximum atomic E-state index is 9.87. The number of nitrogens with one attached hydrogen (secondary N) is 2. The lowest BCUT2D eigenvalue weighted by molar-refractivity contribution is 0.0992. The predicted octanol–water partition coefficient (Wildman–Crippen LogP) is 2.38. The molecule has 0 spiro atoms. The summed E-state index contributed by atoms with van der Waals surface area (Å²) in [5.74, 6) is 1.22. The van der Waals surface area contributed by atoms with Crippen LogP contribution in [0.1, 0.15) is 42.9 Å². The van der Waals surface area contributed by atoms with Crippen LogP contribution in [0.25, 0.3) is 0 Å². The fourth-order valence-corrected chi connectivity index (χ4v) is 3.59. The molecule has 3 rings (SSSR count). The molecule has 2 bridgehead atoms. The zero-order chi connectivity index (χ0) is 16.4. The van der Waals surface area contributed by atoms with Crippen molar-refractivity contribution in [3.05, 3.63) is 28.8 Å². The average molecular weight is 317 g/mol. The van der Waals surface area contributed by atoms with Crippen LogP contribution in [0.5, 0.6) is 5.75 Å². The summed E-state index contributed by atoms with van der Waals surface area (Å²) in [6.45, 7) is 7.35. The molecule has 3 N–H and O–H groups in total. The number of fused-ring (bicyclic) bond motifs is 2. The van der Waals surface area contributed by atoms with E-state index in [9.17, 15) is 5.11 Å². The number of phenolic OH excluding ortho intramolecular Hbond substituents is 1. The molecule has 5 nitrogen and oxygen atoms in total. The van der Waals surface area contributed by atoms with Crippen molar-refractivity contribution in [3.8, 4) is 5.75 Å². The highest BCUT2D eigenvalue weighted by Crippen LogP contribution is 2.34. The highest BCUT2D eigenvalue weighted by molar-refractivity contribution is 5.80. The van der Waals surface area contributed by atoms with Crippen LogP contribution in [-0.4, -0.2) is 35.9 Å². The third kappa shape index (κ3) is 3.61. The van der Waals surface area contributed by atoms with E-state index in [0.717, 1.165) is 42.0 Å². The van der Waals surface area contributed by atoms with E-state index in [1.54, 1.807) is 0 Å². The van der Waals surface area contributed by atoms with Gasteiger partial charge in [0.05, 0.1) is 24.8 Å². The number of benzene rings is 1. The Labute approximate surface area is 138 Å². The lowest BCUT2D eigenvalue weighted by atomic mass is 9.96. The molecule has 0 radical (unpaired) electrons. The van der Waals surface area contributed by atoms with E-state index >= 15 is 0 Å². The molecule has 0 saturated carbocycles. The first kappa shape index (κ1) is 16.1. The molecule has 2 aliphatic heterocycles. The average Bonchev–Trinajstić information content (AvgIpc) is 3.13. The highest BCUT2D eigenvalue weighted by Gasteiger charge is 2.41. The van der Waals surface area contributed by atoms with Gasteiger partial charge in [-0.25, -0.2) is 4.99 Å². The minimum atomic E-state index is 0.335. The number of aryl methyl sites for hydroxylation is 2. The van der Waals surface area contributed by atoms with Crippen molar-refractivity contribution in [2.45, 2.75) is 64.8 Å². The smallest absolute Gasteiger partial charge is 0.191 e. The number of guanidine groups is 1. The monoisotopic (exact) mass is 317 g/mol. The van der Waals surface area contributed by atoms with Gasteiger partial charge < -0.3 is 20.5 Å². The molecule has 0 amide bonds. The van der Waals surface area contributed by atoms with Gasteiger partial charge in [0.2, 0.25) is 0 Å². The molecule has 5 heteroatoms. The summed E-state index contributed by atoms with van der Waals surface area (Å²) in [5, 5.41) is 16.7. The van der Waals surface area contributed by atoms with Crippen molar-refractivity contribution in [2.75, 3.05) is 6.54 Å². The van der Waals surface area contributed by atoms with Gasteiger partial charge in [-0.2, -0.15) is 0 Å². The molecular formula is C18H27N3O2. The summed E-state index contributed by atoms with van der Waals surface area (Å²) < 4.78 is 5.90. The maximum Gasteiger partial charge on any atom is 0.191 e. The van der Waals surface area contributed by atoms with E-state index in [1.807, 2.05) is 26.0 Å². The summed E-state index contributed by atoms with van der Waals surface area (Å²) in [5.41, 5.74) is 2.91. The van der Waals surface area contributed by atoms with E-state index in [2.05, 4.69) is 17.6 Å². The van der Waals surface area contributed by atoms with E-state index in [1.165, 1.54) is 6.42 Å². The number of hydrogen-bond donors (Lipinski definition) is 3. The lowest BCUT2D eigenvalue weighted by Gasteiger charge is -2.22. The molecular weight excluding hydrogens is 290 g/mol. The van der Waals surface area contributed by atoms with E-state index in [-0.39, 0.29) is 0 Å². The molecule has 2 aliphatic rings. The molecule has 2 fully saturated rings. The molecule has 2 saturated heterocycles. The molecule has 3 atom stereocenters. The van der Waals surface area contributed by atoms with Crippen LogP contribution in [0.3, 0.4) is 0 Å². The Morgan fingerprint density at radius 3 is 2.61 bits per heavy atom. The summed E-state index contributed by atoms with van der Waals surface area (Å²) in [6, 6.07) is 4.36. The maximum absolute atomic E-state index is 9.87. The van der Waals surface area contributed by atoms with Gasteiger partial charge in [-0.05, 0) is 56.7 Å². The first-order chi connectivity index (χ1) is 11.1. The Bertz CT molecular complexity index is 577. The number of aromatic hydroxyl groups is 1. The van der Waals surface area contributed by atoms with Crippen LogP contribution >= 0.6 is 0 Å². The van der Waals surface area contributed by atoms with Gasteiger partial charge in [0.1, 0.15) is 5.75 Å². The van der Waals surface area contributed by atoms with Gasteiger partial charge in [-0.3, -0.25) is 0 Å². The zero-order valence-corrected chi connectivity index (χ0v) is 14.2. The number of rotatable bonds is 4. The number of phenols is 1. The molecule has 1 aromatic rings. The molecule has 0 aliphatic carbocycles. The third-order valence-electron chi connectivity index (χ3n) is 4.74. The SMILES string of the molecule is CCNC(=NCc1cc(C)c(O)c(C)c1)NC1CC2CCC1O2. The van der Waals surface area contributed by atoms with Crippen LogP contribution in [0.15, 0.2) is 17.1 Å². The molecule has 23 heavy (non-hydrogen) atoms. The number of aliphatic imine (C=N–C) groups is 1. The number of ether oxygens (including phenoxy) is 1. The van der Waals surface area contributed by atoms with Crippen LogP contribution < -0.4 is 10.6 Å². The van der Waals surface area contributed by atoms with Crippen molar-refractivity contribution < 1.29 is 9.84 Å². The topological polar surface area (TPSA) is 65.9 Å². The van der Waals surface area contributed by atoms with Gasteiger partial charge in [-0.1, -0.05) is 12.1 Å². The first-order valence-corrected chi connectivity index (χ1v) is 8.56. The van der Waals surface area contributed by atoms with Gasteiger partial charge in [0.15, 0.2) is 5.96 Å². The molecule has 1 aromatic carbocycles. The Morgan fingerprint density at radius 2 is 2.04 bits per heavy atom. The minimum absolute atomic E-state index is 0.335. The molecule has 126 valence electrons. The Balaban J connectivity index is 1.67. The van der Waals surface area contributed by atoms with Gasteiger partial charge in [0, 0.05) is 6.54 Å². The second-order valence-corrected chi connectivity index (χ2v) is 6.63. The number of nitrogens with zero attached hydrogens (tertiary/aromatic N) is 1. The van der Waals surface area contributed by atoms with Crippen LogP contribution in [0.2, 0.25) is 0 Å². The van der Waals surface area contributed by atoms with Crippen molar-refractivity contribution in [2.24, 2.45) is 4.99 Å². The summed E-state index contributed by atoms with van der Waals surface area (Å²) in [4.78, 5) is 4.70. The molecule has 2 heterocycles. The standard InChI is InChI=1S/C18H27N3O2/c1-4-19-18(21-15-9-14-5-6-16(15)23-14)20-10-13-7-11(2)17(22)12(3)8-13/h7-8,14-16,22H,4-6,9-10H2,1-3H3,(H2,19,20,21). The zero-order valence-electron chi connectivity index (χ0n) is 14.2. The summed E-state index contributed by atoms with van der Waals surface area (Å²) in [7, 11) is 0. The lowest BCUT2D eigenvalue weighted by Crippen LogP contribution is -2.47. The first-order valence-electron chi connectivity index (χ1n) is 8.56. The Hall–Kier alpha value is -1.75. The van der Waals surface area contributed by atoms with Crippen LogP contribution in [0, 0.1) is 13.8 Å². The predicted molar refractivity (Wildman–Crippen MR) is 91.8 cm³/mol. The third-order valence-corrected chi connectivity index (χ3v) is 4.74. The van der Waals surface area contributed by atoms with Crippen molar-refractivity contribution >= 4 is 5.96 Å². The van der Waals surface area contributed by atoms with Gasteiger partial charge in [-0.15, -0.1) is 0 Å². The van der Waals surface area contributed by atoms with Crippen molar-refractivity contribution in [1.29, 1.82) is 0 Å². The van der Waals surface area contributed by atoms with Crippen LogP contribution in [-0.2, 0) is 11.3 Å². The highest BCUT2D eigenvalue weighted by atomic mass is 16.5. The van der Waals surface area contributed by atoms with Gasteiger partial charge in [0.25, 0.3) is 0 Å². The number of hydrogen-bond acceptors (Lipinski definition) is 3.